The fourth-order valence-electron chi connectivity index (χ4n) is 3.64. The Balaban J connectivity index is 1.40. The molecule has 0 aliphatic carbocycles. The first-order valence-corrected chi connectivity index (χ1v) is 9.26. The Kier molecular flexibility index (Phi) is 4.72. The van der Waals surface area contributed by atoms with Crippen LogP contribution in [0.3, 0.4) is 0 Å². The summed E-state index contributed by atoms with van der Waals surface area (Å²) in [5, 5.41) is 2.30. The van der Waals surface area contributed by atoms with Gasteiger partial charge in [0, 0.05) is 38.3 Å². The molecule has 132 valence electrons. The lowest BCUT2D eigenvalue weighted by molar-refractivity contribution is 0.0628. The van der Waals surface area contributed by atoms with Gasteiger partial charge in [-0.1, -0.05) is 54.6 Å². The van der Waals surface area contributed by atoms with Crippen LogP contribution in [0.4, 0.5) is 0 Å². The number of carbonyl (C=O) groups excluding carboxylic acids is 1. The number of rotatable bonds is 3. The van der Waals surface area contributed by atoms with Crippen LogP contribution in [-0.4, -0.2) is 41.9 Å². The van der Waals surface area contributed by atoms with E-state index in [0.717, 1.165) is 43.7 Å². The molecule has 3 aromatic carbocycles. The van der Waals surface area contributed by atoms with Gasteiger partial charge < -0.3 is 4.90 Å². The molecule has 1 saturated heterocycles. The van der Waals surface area contributed by atoms with E-state index >= 15 is 0 Å². The van der Waals surface area contributed by atoms with Crippen molar-refractivity contribution in [3.05, 3.63) is 83.4 Å². The minimum atomic E-state index is 0.145. The monoisotopic (exact) mass is 344 g/mol. The highest BCUT2D eigenvalue weighted by atomic mass is 16.2. The van der Waals surface area contributed by atoms with Gasteiger partial charge in [-0.3, -0.25) is 9.69 Å². The van der Waals surface area contributed by atoms with Gasteiger partial charge in [0.15, 0.2) is 0 Å². The summed E-state index contributed by atoms with van der Waals surface area (Å²) in [5.74, 6) is 0.145. The number of carbonyl (C=O) groups is 1. The predicted molar refractivity (Wildman–Crippen MR) is 106 cm³/mol. The van der Waals surface area contributed by atoms with E-state index in [-0.39, 0.29) is 5.91 Å². The normalized spacial score (nSPS) is 15.3. The number of nitrogens with zero attached hydrogens (tertiary/aromatic N) is 2. The molecular formula is C23H24N2O. The van der Waals surface area contributed by atoms with Gasteiger partial charge in [0.25, 0.3) is 5.91 Å². The average Bonchev–Trinajstić information content (AvgIpc) is 2.69. The Morgan fingerprint density at radius 3 is 2.31 bits per heavy atom. The van der Waals surface area contributed by atoms with Crippen molar-refractivity contribution in [3.8, 4) is 0 Å². The lowest BCUT2D eigenvalue weighted by Gasteiger charge is -2.35. The second-order valence-electron chi connectivity index (χ2n) is 7.06. The summed E-state index contributed by atoms with van der Waals surface area (Å²) in [7, 11) is 0. The van der Waals surface area contributed by atoms with Crippen LogP contribution >= 0.6 is 0 Å². The smallest absolute Gasteiger partial charge is 0.253 e. The van der Waals surface area contributed by atoms with Crippen LogP contribution in [0.5, 0.6) is 0 Å². The number of aryl methyl sites for hydroxylation is 1. The van der Waals surface area contributed by atoms with E-state index in [0.29, 0.717) is 0 Å². The van der Waals surface area contributed by atoms with Crippen LogP contribution in [0.25, 0.3) is 10.8 Å². The van der Waals surface area contributed by atoms with Crippen LogP contribution in [-0.2, 0) is 6.54 Å². The van der Waals surface area contributed by atoms with Crippen LogP contribution in [0.15, 0.2) is 66.7 Å². The Hall–Kier alpha value is -2.65. The van der Waals surface area contributed by atoms with Crippen LogP contribution in [0.2, 0.25) is 0 Å². The van der Waals surface area contributed by atoms with Crippen molar-refractivity contribution in [3.63, 3.8) is 0 Å². The molecule has 0 saturated carbocycles. The van der Waals surface area contributed by atoms with Gasteiger partial charge in [-0.05, 0) is 41.0 Å². The van der Waals surface area contributed by atoms with Crippen LogP contribution in [0, 0.1) is 6.92 Å². The van der Waals surface area contributed by atoms with Gasteiger partial charge in [0.05, 0.1) is 0 Å². The summed E-state index contributed by atoms with van der Waals surface area (Å²) in [5.41, 5.74) is 3.50. The average molecular weight is 344 g/mol. The Bertz CT molecular complexity index is 926. The number of amides is 1. The van der Waals surface area contributed by atoms with Gasteiger partial charge in [-0.15, -0.1) is 0 Å². The summed E-state index contributed by atoms with van der Waals surface area (Å²) in [4.78, 5) is 17.3. The first kappa shape index (κ1) is 16.8. The van der Waals surface area contributed by atoms with Gasteiger partial charge in [0.1, 0.15) is 0 Å². The summed E-state index contributed by atoms with van der Waals surface area (Å²) < 4.78 is 0. The molecule has 0 radical (unpaired) electrons. The fraction of sp³-hybridized carbons (Fsp3) is 0.261. The standard InChI is InChI=1S/C23H24N2O/c1-18-6-2-3-9-22(18)17-24-12-14-25(15-13-24)23(26)21-11-10-19-7-4-5-8-20(19)16-21/h2-11,16H,12-15,17H2,1H3. The zero-order valence-corrected chi connectivity index (χ0v) is 15.2. The third-order valence-corrected chi connectivity index (χ3v) is 5.31. The lowest BCUT2D eigenvalue weighted by atomic mass is 10.1. The number of hydrogen-bond acceptors (Lipinski definition) is 2. The minimum Gasteiger partial charge on any atom is -0.336 e. The molecule has 0 N–H and O–H groups in total. The third kappa shape index (κ3) is 3.49. The molecule has 3 nitrogen and oxygen atoms in total. The first-order valence-electron chi connectivity index (χ1n) is 9.26. The van der Waals surface area contributed by atoms with Gasteiger partial charge in [-0.2, -0.15) is 0 Å². The summed E-state index contributed by atoms with van der Waals surface area (Å²) in [6.07, 6.45) is 0. The van der Waals surface area contributed by atoms with Crippen molar-refractivity contribution in [1.82, 2.24) is 9.80 Å². The third-order valence-electron chi connectivity index (χ3n) is 5.31. The molecule has 1 heterocycles. The van der Waals surface area contributed by atoms with E-state index in [2.05, 4.69) is 48.2 Å². The van der Waals surface area contributed by atoms with Gasteiger partial charge in [-0.25, -0.2) is 0 Å². The van der Waals surface area contributed by atoms with Crippen LogP contribution < -0.4 is 0 Å². The molecule has 3 aromatic rings. The molecule has 1 fully saturated rings. The molecule has 4 rings (SSSR count). The maximum absolute atomic E-state index is 12.9. The Labute approximate surface area is 154 Å². The predicted octanol–water partition coefficient (Wildman–Crippen LogP) is 4.11. The summed E-state index contributed by atoms with van der Waals surface area (Å²) >= 11 is 0. The number of fused-ring (bicyclic) bond motifs is 1. The second-order valence-corrected chi connectivity index (χ2v) is 7.06. The quantitative estimate of drug-likeness (QED) is 0.714. The summed E-state index contributed by atoms with van der Waals surface area (Å²) in [6, 6.07) is 22.7. The van der Waals surface area contributed by atoms with Crippen molar-refractivity contribution in [2.45, 2.75) is 13.5 Å². The molecular weight excluding hydrogens is 320 g/mol. The Morgan fingerprint density at radius 1 is 0.846 bits per heavy atom. The van der Waals surface area contributed by atoms with E-state index in [1.54, 1.807) is 0 Å². The summed E-state index contributed by atoms with van der Waals surface area (Å²) in [6.45, 7) is 6.55. The molecule has 0 bridgehead atoms. The largest absolute Gasteiger partial charge is 0.336 e. The topological polar surface area (TPSA) is 23.6 Å². The lowest BCUT2D eigenvalue weighted by Crippen LogP contribution is -2.48. The number of benzene rings is 3. The maximum atomic E-state index is 12.9. The Morgan fingerprint density at radius 2 is 1.54 bits per heavy atom. The van der Waals surface area contributed by atoms with Gasteiger partial charge >= 0.3 is 0 Å². The van der Waals surface area contributed by atoms with Crippen molar-refractivity contribution in [1.29, 1.82) is 0 Å². The highest BCUT2D eigenvalue weighted by Gasteiger charge is 2.22. The van der Waals surface area contributed by atoms with Gasteiger partial charge in [0.2, 0.25) is 0 Å². The second kappa shape index (κ2) is 7.30. The van der Waals surface area contributed by atoms with E-state index in [1.165, 1.54) is 16.5 Å². The molecule has 1 aliphatic rings. The zero-order chi connectivity index (χ0) is 17.9. The van der Waals surface area contributed by atoms with E-state index in [1.807, 2.05) is 35.2 Å². The minimum absolute atomic E-state index is 0.145. The van der Waals surface area contributed by atoms with Crippen molar-refractivity contribution in [2.75, 3.05) is 26.2 Å². The molecule has 0 atom stereocenters. The van der Waals surface area contributed by atoms with E-state index < -0.39 is 0 Å². The molecule has 0 spiro atoms. The highest BCUT2D eigenvalue weighted by molar-refractivity contribution is 5.98. The molecule has 1 aliphatic heterocycles. The molecule has 0 unspecified atom stereocenters. The van der Waals surface area contributed by atoms with Crippen LogP contribution in [0.1, 0.15) is 21.5 Å². The fourth-order valence-corrected chi connectivity index (χ4v) is 3.64. The van der Waals surface area contributed by atoms with Crippen molar-refractivity contribution < 1.29 is 4.79 Å². The first-order chi connectivity index (χ1) is 12.7. The van der Waals surface area contributed by atoms with E-state index in [9.17, 15) is 4.79 Å². The molecule has 0 aromatic heterocycles. The molecule has 26 heavy (non-hydrogen) atoms. The maximum Gasteiger partial charge on any atom is 0.253 e. The molecule has 1 amide bonds. The zero-order valence-electron chi connectivity index (χ0n) is 15.2. The van der Waals surface area contributed by atoms with E-state index in [4.69, 9.17) is 0 Å². The highest BCUT2D eigenvalue weighted by Crippen LogP contribution is 2.18. The SMILES string of the molecule is Cc1ccccc1CN1CCN(C(=O)c2ccc3ccccc3c2)CC1. The van der Waals surface area contributed by atoms with Crippen molar-refractivity contribution >= 4 is 16.7 Å². The number of piperazine rings is 1. The number of hydrogen-bond donors (Lipinski definition) is 0. The molecule has 3 heteroatoms. The van der Waals surface area contributed by atoms with Crippen molar-refractivity contribution in [2.24, 2.45) is 0 Å².